The van der Waals surface area contributed by atoms with Crippen LogP contribution in [-0.4, -0.2) is 11.5 Å². The Kier molecular flexibility index (Phi) is 5.49. The smallest absolute Gasteiger partial charge is 0.302 e. The predicted molar refractivity (Wildman–Crippen MR) is 52.7 cm³/mol. The van der Waals surface area contributed by atoms with Crippen LogP contribution in [0.25, 0.3) is 0 Å². The van der Waals surface area contributed by atoms with Gasteiger partial charge < -0.3 is 4.89 Å². The molecule has 0 fully saturated rings. The number of hydrogen-bond acceptors (Lipinski definition) is 4. The van der Waals surface area contributed by atoms with Crippen molar-refractivity contribution in [2.75, 3.05) is 6.61 Å². The molecule has 0 aromatic heterocycles. The number of thiol groups is 2. The molecule has 0 heterocycles. The maximum atomic E-state index is 10.8. The molecule has 0 aromatic rings. The van der Waals surface area contributed by atoms with Crippen LogP contribution in [0.5, 0.6) is 0 Å². The molecule has 9 heteroatoms. The van der Waals surface area contributed by atoms with Crippen molar-refractivity contribution in [1.29, 1.82) is 0 Å². The highest BCUT2D eigenvalue weighted by Crippen LogP contribution is 2.67. The van der Waals surface area contributed by atoms with Crippen molar-refractivity contribution in [3.8, 4) is 0 Å². The number of rotatable bonds is 5. The van der Waals surface area contributed by atoms with Gasteiger partial charge in [-0.05, 0) is 6.42 Å². The zero-order chi connectivity index (χ0) is 9.83. The summed E-state index contributed by atoms with van der Waals surface area (Å²) in [4.78, 5) is 8.82. The third kappa shape index (κ3) is 7.68. The fraction of sp³-hybridized carbons (Fsp3) is 1.00. The second kappa shape index (κ2) is 5.05. The van der Waals surface area contributed by atoms with Gasteiger partial charge in [0.05, 0.1) is 6.61 Å². The van der Waals surface area contributed by atoms with Crippen LogP contribution >= 0.6 is 38.1 Å². The maximum absolute atomic E-state index is 10.8. The lowest BCUT2D eigenvalue weighted by Crippen LogP contribution is -1.91. The van der Waals surface area contributed by atoms with Crippen LogP contribution in [0, 0.1) is 0 Å². The lowest BCUT2D eigenvalue weighted by molar-refractivity contribution is 0.208. The van der Waals surface area contributed by atoms with Crippen LogP contribution < -0.4 is 0 Å². The van der Waals surface area contributed by atoms with Crippen LogP contribution in [0.1, 0.15) is 13.3 Å². The second-order valence-corrected chi connectivity index (χ2v) is 8.81. The van der Waals surface area contributed by atoms with Gasteiger partial charge in [-0.1, -0.05) is 31.4 Å². The molecule has 0 amide bonds. The summed E-state index contributed by atoms with van der Waals surface area (Å²) in [6, 6.07) is 0. The van der Waals surface area contributed by atoms with Gasteiger partial charge in [0.1, 0.15) is 0 Å². The minimum atomic E-state index is -4.25. The Balaban J connectivity index is 4.05. The number of phosphoric acid groups is 1. The fourth-order valence-electron chi connectivity index (χ4n) is 0.365. The van der Waals surface area contributed by atoms with E-state index in [1.165, 1.54) is 0 Å². The van der Waals surface area contributed by atoms with Crippen LogP contribution in [0.2, 0.25) is 0 Å². The zero-order valence-corrected chi connectivity index (χ0v) is 9.86. The summed E-state index contributed by atoms with van der Waals surface area (Å²) in [5.74, 6) is -3.58. The molecule has 0 aliphatic rings. The van der Waals surface area contributed by atoms with Gasteiger partial charge in [0.2, 0.25) is 0 Å². The third-order valence-electron chi connectivity index (χ3n) is 0.668. The summed E-state index contributed by atoms with van der Waals surface area (Å²) in [5.41, 5.74) is 0. The van der Waals surface area contributed by atoms with E-state index in [0.717, 1.165) is 0 Å². The van der Waals surface area contributed by atoms with E-state index in [2.05, 4.69) is 33.3 Å². The molecule has 0 aromatic carbocycles. The van der Waals surface area contributed by atoms with Gasteiger partial charge in [0.25, 0.3) is 0 Å². The van der Waals surface area contributed by atoms with E-state index < -0.39 is 13.6 Å². The first-order valence-corrected chi connectivity index (χ1v) is 8.43. The van der Waals surface area contributed by atoms with Crippen LogP contribution in [0.3, 0.4) is 0 Å². The Hall–Kier alpha value is 1.04. The van der Waals surface area contributed by atoms with E-state index >= 15 is 0 Å². The van der Waals surface area contributed by atoms with Gasteiger partial charge in [-0.2, -0.15) is 0 Å². The molecule has 0 radical (unpaired) electrons. The standard InChI is InChI=1S/C3H10O5P2S2/c1-2-3-7-9(4,5)8-10(6,11)12/h2-3H2,1H3,(H,4,5)(H2,6,11,12). The van der Waals surface area contributed by atoms with Gasteiger partial charge in [-0.3, -0.25) is 9.09 Å². The number of phosphoric ester groups is 1. The normalized spacial score (nSPS) is 17.3. The van der Waals surface area contributed by atoms with E-state index in [4.69, 9.17) is 4.89 Å². The van der Waals surface area contributed by atoms with Gasteiger partial charge >= 0.3 is 13.6 Å². The molecule has 0 aliphatic carbocycles. The van der Waals surface area contributed by atoms with Crippen molar-refractivity contribution < 1.29 is 22.9 Å². The first kappa shape index (κ1) is 13.0. The third-order valence-corrected chi connectivity index (χ3v) is 4.17. The molecule has 1 atom stereocenters. The summed E-state index contributed by atoms with van der Waals surface area (Å²) >= 11 is 6.71. The monoisotopic (exact) mass is 252 g/mol. The van der Waals surface area contributed by atoms with Gasteiger partial charge in [-0.25, -0.2) is 8.88 Å². The molecule has 74 valence electrons. The van der Waals surface area contributed by atoms with Crippen LogP contribution in [0.4, 0.5) is 0 Å². The highest BCUT2D eigenvalue weighted by Gasteiger charge is 2.29. The fourth-order valence-corrected chi connectivity index (χ4v) is 3.70. The quantitative estimate of drug-likeness (QED) is 0.518. The van der Waals surface area contributed by atoms with Crippen molar-refractivity contribution in [1.82, 2.24) is 0 Å². The van der Waals surface area contributed by atoms with Gasteiger partial charge in [-0.15, -0.1) is 0 Å². The molecule has 0 aliphatic heterocycles. The SMILES string of the molecule is CCCOP(=O)(O)OP(=O)(S)S. The average Bonchev–Trinajstić information content (AvgIpc) is 1.78. The Morgan fingerprint density at radius 1 is 1.42 bits per heavy atom. The molecule has 0 bridgehead atoms. The first-order chi connectivity index (χ1) is 5.27. The lowest BCUT2D eigenvalue weighted by atomic mass is 10.5. The van der Waals surface area contributed by atoms with Gasteiger partial charge in [0.15, 0.2) is 0 Å². The van der Waals surface area contributed by atoms with E-state index in [-0.39, 0.29) is 6.61 Å². The van der Waals surface area contributed by atoms with Crippen molar-refractivity contribution in [3.05, 3.63) is 0 Å². The van der Waals surface area contributed by atoms with Crippen molar-refractivity contribution in [3.63, 3.8) is 0 Å². The van der Waals surface area contributed by atoms with Crippen molar-refractivity contribution >= 4 is 38.1 Å². The molecular weight excluding hydrogens is 242 g/mol. The summed E-state index contributed by atoms with van der Waals surface area (Å²) in [7, 11) is -4.25. The predicted octanol–water partition coefficient (Wildman–Crippen LogP) is 2.50. The Labute approximate surface area is 81.2 Å². The summed E-state index contributed by atoms with van der Waals surface area (Å²) in [5, 5.41) is 0. The second-order valence-electron chi connectivity index (χ2n) is 1.87. The maximum Gasteiger partial charge on any atom is 0.479 e. The van der Waals surface area contributed by atoms with Crippen LogP contribution in [-0.2, 0) is 18.0 Å². The molecular formula is C3H10O5P2S2. The van der Waals surface area contributed by atoms with Gasteiger partial charge in [0, 0.05) is 0 Å². The van der Waals surface area contributed by atoms with E-state index in [9.17, 15) is 9.13 Å². The lowest BCUT2D eigenvalue weighted by Gasteiger charge is -2.12. The molecule has 0 saturated heterocycles. The van der Waals surface area contributed by atoms with E-state index in [1.807, 2.05) is 0 Å². The summed E-state index contributed by atoms with van der Waals surface area (Å²) < 4.78 is 30.0. The Bertz CT molecular complexity index is 225. The molecule has 1 N–H and O–H groups in total. The van der Waals surface area contributed by atoms with Crippen molar-refractivity contribution in [2.45, 2.75) is 13.3 Å². The minimum Gasteiger partial charge on any atom is -0.302 e. The summed E-state index contributed by atoms with van der Waals surface area (Å²) in [6.07, 6.45) is 0.553. The molecule has 12 heavy (non-hydrogen) atoms. The molecule has 0 rings (SSSR count). The van der Waals surface area contributed by atoms with Crippen molar-refractivity contribution in [2.24, 2.45) is 0 Å². The highest BCUT2D eigenvalue weighted by atomic mass is 33.1. The molecule has 0 saturated carbocycles. The first-order valence-electron chi connectivity index (χ1n) is 3.01. The average molecular weight is 252 g/mol. The largest absolute Gasteiger partial charge is 0.479 e. The highest BCUT2D eigenvalue weighted by molar-refractivity contribution is 8.79. The molecule has 0 spiro atoms. The molecule has 5 nitrogen and oxygen atoms in total. The number of hydrogen-bond donors (Lipinski definition) is 3. The van der Waals surface area contributed by atoms with E-state index in [1.54, 1.807) is 6.92 Å². The Morgan fingerprint density at radius 2 is 1.92 bits per heavy atom. The Morgan fingerprint density at radius 3 is 2.25 bits per heavy atom. The molecule has 1 unspecified atom stereocenters. The minimum absolute atomic E-state index is 0.0509. The van der Waals surface area contributed by atoms with Crippen LogP contribution in [0.15, 0.2) is 0 Å². The topological polar surface area (TPSA) is 72.8 Å². The zero-order valence-electron chi connectivity index (χ0n) is 6.28. The summed E-state index contributed by atoms with van der Waals surface area (Å²) in [6.45, 7) is 1.80. The van der Waals surface area contributed by atoms with E-state index in [0.29, 0.717) is 6.42 Å².